The number of para-hydroxylation sites is 2. The van der Waals surface area contributed by atoms with Gasteiger partial charge >= 0.3 is 4.87 Å². The number of amides is 1. The average Bonchev–Trinajstić information content (AvgIpc) is 3.00. The molecular weight excluding hydrogens is 398 g/mol. The lowest BCUT2D eigenvalue weighted by Crippen LogP contribution is -2.21. The van der Waals surface area contributed by atoms with Crippen molar-refractivity contribution in [2.24, 2.45) is 0 Å². The zero-order valence-electron chi connectivity index (χ0n) is 15.1. The zero-order valence-corrected chi connectivity index (χ0v) is 16.7. The van der Waals surface area contributed by atoms with E-state index < -0.39 is 10.0 Å². The van der Waals surface area contributed by atoms with E-state index in [-0.39, 0.29) is 34.3 Å². The number of hydrogen-bond acceptors (Lipinski definition) is 5. The lowest BCUT2D eigenvalue weighted by Gasteiger charge is -2.14. The van der Waals surface area contributed by atoms with Crippen molar-refractivity contribution in [3.05, 3.63) is 75.3 Å². The van der Waals surface area contributed by atoms with Gasteiger partial charge in [0, 0.05) is 24.0 Å². The highest BCUT2D eigenvalue weighted by Gasteiger charge is 2.16. The highest BCUT2D eigenvalue weighted by atomic mass is 32.2. The van der Waals surface area contributed by atoms with Crippen molar-refractivity contribution in [1.29, 1.82) is 0 Å². The summed E-state index contributed by atoms with van der Waals surface area (Å²) in [5, 5.41) is 4.45. The van der Waals surface area contributed by atoms with Crippen LogP contribution in [-0.2, 0) is 21.4 Å². The van der Waals surface area contributed by atoms with Crippen LogP contribution >= 0.6 is 11.3 Å². The van der Waals surface area contributed by atoms with Gasteiger partial charge < -0.3 is 9.88 Å². The molecule has 3 rings (SSSR count). The van der Waals surface area contributed by atoms with E-state index in [2.05, 4.69) is 10.0 Å². The predicted molar refractivity (Wildman–Crippen MR) is 110 cm³/mol. The summed E-state index contributed by atoms with van der Waals surface area (Å²) in [5.41, 5.74) is 1.42. The summed E-state index contributed by atoms with van der Waals surface area (Å²) in [7, 11) is -3.78. The zero-order chi connectivity index (χ0) is 20.1. The SMILES string of the molecule is Cc1csc(=O)n1CCC(=O)Nc1ccccc1NS(=O)(=O)c1ccccc1. The molecule has 28 heavy (non-hydrogen) atoms. The van der Waals surface area contributed by atoms with Gasteiger partial charge in [-0.05, 0) is 31.2 Å². The molecule has 0 saturated heterocycles. The first kappa shape index (κ1) is 19.8. The summed E-state index contributed by atoms with van der Waals surface area (Å²) in [6.45, 7) is 2.07. The van der Waals surface area contributed by atoms with E-state index in [9.17, 15) is 18.0 Å². The molecule has 0 aliphatic rings. The molecule has 0 atom stereocenters. The fourth-order valence-electron chi connectivity index (χ4n) is 2.59. The number of aromatic nitrogens is 1. The number of nitrogens with one attached hydrogen (secondary N) is 2. The van der Waals surface area contributed by atoms with Crippen molar-refractivity contribution >= 4 is 38.6 Å². The van der Waals surface area contributed by atoms with Crippen molar-refractivity contribution in [3.8, 4) is 0 Å². The topological polar surface area (TPSA) is 97.3 Å². The maximum Gasteiger partial charge on any atom is 0.307 e. The molecule has 7 nitrogen and oxygen atoms in total. The van der Waals surface area contributed by atoms with E-state index in [0.717, 1.165) is 17.0 Å². The highest BCUT2D eigenvalue weighted by Crippen LogP contribution is 2.24. The van der Waals surface area contributed by atoms with Gasteiger partial charge in [-0.25, -0.2) is 8.42 Å². The lowest BCUT2D eigenvalue weighted by atomic mass is 10.2. The van der Waals surface area contributed by atoms with E-state index in [1.807, 2.05) is 6.92 Å². The largest absolute Gasteiger partial charge is 0.324 e. The molecule has 0 spiro atoms. The molecule has 146 valence electrons. The number of benzene rings is 2. The smallest absolute Gasteiger partial charge is 0.307 e. The summed E-state index contributed by atoms with van der Waals surface area (Å²) < 4.78 is 29.1. The number of hydrogen-bond donors (Lipinski definition) is 2. The molecule has 2 aromatic carbocycles. The molecule has 0 unspecified atom stereocenters. The Kier molecular flexibility index (Phi) is 5.96. The molecule has 2 N–H and O–H groups in total. The molecule has 9 heteroatoms. The first-order valence-corrected chi connectivity index (χ1v) is 10.8. The Bertz CT molecular complexity index is 1140. The molecule has 0 aliphatic heterocycles. The standard InChI is InChI=1S/C19H19N3O4S2/c1-14-13-27-19(24)22(14)12-11-18(23)20-16-9-5-6-10-17(16)21-28(25,26)15-7-3-2-4-8-15/h2-10,13,21H,11-12H2,1H3,(H,20,23). The van der Waals surface area contributed by atoms with E-state index >= 15 is 0 Å². The van der Waals surface area contributed by atoms with Gasteiger partial charge in [0.15, 0.2) is 0 Å². The van der Waals surface area contributed by atoms with Crippen molar-refractivity contribution < 1.29 is 13.2 Å². The Balaban J connectivity index is 1.72. The van der Waals surface area contributed by atoms with Crippen molar-refractivity contribution in [2.75, 3.05) is 10.0 Å². The number of rotatable bonds is 7. The Morgan fingerprint density at radius 3 is 2.32 bits per heavy atom. The third-order valence-corrected chi connectivity index (χ3v) is 6.30. The van der Waals surface area contributed by atoms with Crippen LogP contribution in [0.5, 0.6) is 0 Å². The normalized spacial score (nSPS) is 11.2. The molecule has 0 aliphatic carbocycles. The minimum Gasteiger partial charge on any atom is -0.324 e. The van der Waals surface area contributed by atoms with Gasteiger partial charge in [-0.3, -0.25) is 14.3 Å². The van der Waals surface area contributed by atoms with Gasteiger partial charge in [0.1, 0.15) is 0 Å². The second-order valence-electron chi connectivity index (χ2n) is 6.06. The van der Waals surface area contributed by atoms with Crippen LogP contribution in [0.25, 0.3) is 0 Å². The minimum absolute atomic E-state index is 0.0945. The van der Waals surface area contributed by atoms with Gasteiger partial charge in [0.05, 0.1) is 16.3 Å². The third-order valence-electron chi connectivity index (χ3n) is 4.04. The molecule has 3 aromatic rings. The Morgan fingerprint density at radius 1 is 1.04 bits per heavy atom. The molecule has 0 radical (unpaired) electrons. The molecule has 1 aromatic heterocycles. The lowest BCUT2D eigenvalue weighted by molar-refractivity contribution is -0.116. The predicted octanol–water partition coefficient (Wildman–Crippen LogP) is 3.05. The second kappa shape index (κ2) is 8.41. The average molecular weight is 418 g/mol. The van der Waals surface area contributed by atoms with Crippen molar-refractivity contribution in [3.63, 3.8) is 0 Å². The van der Waals surface area contributed by atoms with Gasteiger partial charge in [-0.15, -0.1) is 0 Å². The van der Waals surface area contributed by atoms with Crippen LogP contribution in [0.15, 0.2) is 69.7 Å². The highest BCUT2D eigenvalue weighted by molar-refractivity contribution is 7.92. The number of carbonyl (C=O) groups excluding carboxylic acids is 1. The molecule has 1 heterocycles. The van der Waals surface area contributed by atoms with E-state index in [1.54, 1.807) is 47.8 Å². The fraction of sp³-hybridized carbons (Fsp3) is 0.158. The van der Waals surface area contributed by atoms with Gasteiger partial charge in [-0.1, -0.05) is 41.7 Å². The van der Waals surface area contributed by atoms with E-state index in [0.29, 0.717) is 5.69 Å². The first-order chi connectivity index (χ1) is 13.4. The summed E-state index contributed by atoms with van der Waals surface area (Å²) in [5.74, 6) is -0.316. The fourth-order valence-corrected chi connectivity index (χ4v) is 4.45. The number of carbonyl (C=O) groups is 1. The number of thiazole rings is 1. The Labute approximate surface area is 166 Å². The van der Waals surface area contributed by atoms with Crippen molar-refractivity contribution in [2.45, 2.75) is 24.8 Å². The van der Waals surface area contributed by atoms with Crippen LogP contribution in [0.4, 0.5) is 11.4 Å². The Hall–Kier alpha value is -2.91. The number of nitrogens with zero attached hydrogens (tertiary/aromatic N) is 1. The van der Waals surface area contributed by atoms with Gasteiger partial charge in [0.25, 0.3) is 10.0 Å². The van der Waals surface area contributed by atoms with Crippen LogP contribution < -0.4 is 14.9 Å². The van der Waals surface area contributed by atoms with Crippen LogP contribution in [0.1, 0.15) is 12.1 Å². The number of anilines is 2. The number of aryl methyl sites for hydroxylation is 1. The third kappa shape index (κ3) is 4.68. The second-order valence-corrected chi connectivity index (χ2v) is 8.56. The molecule has 0 saturated carbocycles. The minimum atomic E-state index is -3.78. The van der Waals surface area contributed by atoms with Crippen molar-refractivity contribution in [1.82, 2.24) is 4.57 Å². The monoisotopic (exact) mass is 417 g/mol. The van der Waals surface area contributed by atoms with Crippen LogP contribution in [-0.4, -0.2) is 18.9 Å². The summed E-state index contributed by atoms with van der Waals surface area (Å²) in [6.07, 6.45) is 0.0945. The molecule has 0 bridgehead atoms. The maximum atomic E-state index is 12.5. The first-order valence-electron chi connectivity index (χ1n) is 8.48. The molecule has 0 fully saturated rings. The maximum absolute atomic E-state index is 12.5. The van der Waals surface area contributed by atoms with E-state index in [4.69, 9.17) is 0 Å². The van der Waals surface area contributed by atoms with Gasteiger partial charge in [-0.2, -0.15) is 0 Å². The van der Waals surface area contributed by atoms with E-state index in [1.165, 1.54) is 16.7 Å². The quantitative estimate of drug-likeness (QED) is 0.617. The van der Waals surface area contributed by atoms with Crippen LogP contribution in [0.3, 0.4) is 0 Å². The van der Waals surface area contributed by atoms with Crippen LogP contribution in [0, 0.1) is 6.92 Å². The molecule has 1 amide bonds. The molecular formula is C19H19N3O4S2. The Morgan fingerprint density at radius 2 is 1.68 bits per heavy atom. The van der Waals surface area contributed by atoms with Gasteiger partial charge in [0.2, 0.25) is 5.91 Å². The number of sulfonamides is 1. The van der Waals surface area contributed by atoms with Crippen LogP contribution in [0.2, 0.25) is 0 Å². The summed E-state index contributed by atoms with van der Waals surface area (Å²) in [4.78, 5) is 24.1. The summed E-state index contributed by atoms with van der Waals surface area (Å²) in [6, 6.07) is 14.5. The summed E-state index contributed by atoms with van der Waals surface area (Å²) >= 11 is 1.09.